The second-order valence-corrected chi connectivity index (χ2v) is 9.19. The molecule has 1 spiro atoms. The summed E-state index contributed by atoms with van der Waals surface area (Å²) in [5.74, 6) is 1.11. The Morgan fingerprint density at radius 2 is 1.97 bits per heavy atom. The maximum absolute atomic E-state index is 13.5. The number of carbonyl (C=O) groups is 2. The fourth-order valence-electron chi connectivity index (χ4n) is 5.43. The Balaban J connectivity index is 1.49. The lowest BCUT2D eigenvalue weighted by molar-refractivity contribution is -0.139. The molecule has 2 saturated heterocycles. The number of nitrogens with zero attached hydrogens (tertiary/aromatic N) is 4. The van der Waals surface area contributed by atoms with Crippen LogP contribution >= 0.6 is 0 Å². The summed E-state index contributed by atoms with van der Waals surface area (Å²) in [6.07, 6.45) is 6.45. The first kappa shape index (κ1) is 20.9. The molecule has 1 aliphatic carbocycles. The average Bonchev–Trinajstić information content (AvgIpc) is 3.03. The van der Waals surface area contributed by atoms with Gasteiger partial charge in [0.2, 0.25) is 5.91 Å². The number of pyridine rings is 1. The number of carboxylic acid groups (broad SMARTS) is 1. The monoisotopic (exact) mass is 416 g/mol. The van der Waals surface area contributed by atoms with Crippen molar-refractivity contribution in [1.82, 2.24) is 9.88 Å². The van der Waals surface area contributed by atoms with Gasteiger partial charge in [0.1, 0.15) is 5.82 Å². The van der Waals surface area contributed by atoms with Crippen molar-refractivity contribution in [3.05, 3.63) is 17.8 Å². The molecular weight excluding hydrogens is 384 g/mol. The van der Waals surface area contributed by atoms with Crippen molar-refractivity contribution < 1.29 is 19.8 Å². The summed E-state index contributed by atoms with van der Waals surface area (Å²) in [6, 6.07) is 2.11. The maximum atomic E-state index is 13.5. The van der Waals surface area contributed by atoms with Crippen LogP contribution in [0.25, 0.3) is 0 Å². The van der Waals surface area contributed by atoms with E-state index in [4.69, 9.17) is 0 Å². The molecule has 0 aromatic carbocycles. The number of aromatic nitrogens is 1. The molecule has 3 heterocycles. The van der Waals surface area contributed by atoms with Gasteiger partial charge in [0, 0.05) is 32.7 Å². The Hall–Kier alpha value is -2.35. The Labute approximate surface area is 177 Å². The molecule has 30 heavy (non-hydrogen) atoms. The third-order valence-corrected chi connectivity index (χ3v) is 7.24. The standard InChI is InChI=1S/C22H32N4O4/c1-15-12-17(24(2)21(29)30)13-23-19(15)25-10-3-8-22(14-25)9-11-26(20(22)28)16-4-6-18(27)7-5-16/h12-13,16,18,27H,3-11,14H2,1-2H3,(H,29,30)/t16?,18?,22-/m0/s1. The van der Waals surface area contributed by atoms with Gasteiger partial charge in [-0.1, -0.05) is 0 Å². The van der Waals surface area contributed by atoms with Gasteiger partial charge in [-0.15, -0.1) is 0 Å². The van der Waals surface area contributed by atoms with Gasteiger partial charge < -0.3 is 20.0 Å². The SMILES string of the molecule is Cc1cc(N(C)C(=O)O)cnc1N1CCC[C@]2(CCN(C3CCC(O)CC3)C2=O)C1. The number of carbonyl (C=O) groups excluding carboxylic acids is 1. The average molecular weight is 417 g/mol. The van der Waals surface area contributed by atoms with E-state index in [0.29, 0.717) is 12.2 Å². The van der Waals surface area contributed by atoms with E-state index in [1.165, 1.54) is 7.05 Å². The van der Waals surface area contributed by atoms with Crippen molar-refractivity contribution in [1.29, 1.82) is 0 Å². The minimum Gasteiger partial charge on any atom is -0.465 e. The van der Waals surface area contributed by atoms with Gasteiger partial charge in [0.15, 0.2) is 0 Å². The molecule has 8 heteroatoms. The molecule has 3 aliphatic rings. The summed E-state index contributed by atoms with van der Waals surface area (Å²) >= 11 is 0. The minimum atomic E-state index is -1.02. The molecule has 1 aromatic rings. The molecule has 1 atom stereocenters. The van der Waals surface area contributed by atoms with Crippen LogP contribution in [0.4, 0.5) is 16.3 Å². The van der Waals surface area contributed by atoms with Crippen LogP contribution in [-0.2, 0) is 4.79 Å². The second kappa shape index (κ2) is 8.06. The normalized spacial score (nSPS) is 29.5. The van der Waals surface area contributed by atoms with Gasteiger partial charge in [-0.2, -0.15) is 0 Å². The first-order chi connectivity index (χ1) is 14.3. The first-order valence-electron chi connectivity index (χ1n) is 11.0. The van der Waals surface area contributed by atoms with Crippen molar-refractivity contribution in [3.8, 4) is 0 Å². The first-order valence-corrected chi connectivity index (χ1v) is 11.0. The van der Waals surface area contributed by atoms with Gasteiger partial charge in [0.25, 0.3) is 0 Å². The van der Waals surface area contributed by atoms with Crippen LogP contribution in [0, 0.1) is 12.3 Å². The number of piperidine rings is 1. The van der Waals surface area contributed by atoms with E-state index >= 15 is 0 Å². The molecule has 4 rings (SSSR count). The Kier molecular flexibility index (Phi) is 5.61. The van der Waals surface area contributed by atoms with Crippen LogP contribution in [0.3, 0.4) is 0 Å². The number of anilines is 2. The maximum Gasteiger partial charge on any atom is 0.411 e. The summed E-state index contributed by atoms with van der Waals surface area (Å²) in [7, 11) is 1.50. The van der Waals surface area contributed by atoms with E-state index in [0.717, 1.165) is 74.3 Å². The molecule has 2 amide bonds. The number of aliphatic hydroxyl groups excluding tert-OH is 1. The zero-order valence-corrected chi connectivity index (χ0v) is 17.9. The number of rotatable bonds is 3. The van der Waals surface area contributed by atoms with Crippen LogP contribution in [0.1, 0.15) is 50.5 Å². The highest BCUT2D eigenvalue weighted by Crippen LogP contribution is 2.43. The number of hydrogen-bond donors (Lipinski definition) is 2. The third-order valence-electron chi connectivity index (χ3n) is 7.24. The van der Waals surface area contributed by atoms with E-state index in [-0.39, 0.29) is 23.5 Å². The molecule has 0 radical (unpaired) electrons. The number of hydrogen-bond acceptors (Lipinski definition) is 5. The molecule has 164 valence electrons. The lowest BCUT2D eigenvalue weighted by atomic mass is 9.78. The van der Waals surface area contributed by atoms with Crippen molar-refractivity contribution in [2.24, 2.45) is 5.41 Å². The Morgan fingerprint density at radius 1 is 1.23 bits per heavy atom. The van der Waals surface area contributed by atoms with Crippen molar-refractivity contribution in [3.63, 3.8) is 0 Å². The molecule has 2 aliphatic heterocycles. The summed E-state index contributed by atoms with van der Waals surface area (Å²) in [4.78, 5) is 34.7. The number of aryl methyl sites for hydroxylation is 1. The Morgan fingerprint density at radius 3 is 2.63 bits per heavy atom. The molecule has 3 fully saturated rings. The largest absolute Gasteiger partial charge is 0.465 e. The van der Waals surface area contributed by atoms with Gasteiger partial charge in [-0.25, -0.2) is 9.78 Å². The quantitative estimate of drug-likeness (QED) is 0.786. The highest BCUT2D eigenvalue weighted by molar-refractivity contribution is 5.87. The number of amides is 2. The zero-order chi connectivity index (χ0) is 21.5. The number of aliphatic hydroxyl groups is 1. The molecule has 8 nitrogen and oxygen atoms in total. The van der Waals surface area contributed by atoms with Crippen LogP contribution < -0.4 is 9.80 Å². The highest BCUT2D eigenvalue weighted by Gasteiger charge is 2.50. The topological polar surface area (TPSA) is 97.2 Å². The van der Waals surface area contributed by atoms with E-state index in [1.807, 2.05) is 13.0 Å². The van der Waals surface area contributed by atoms with Crippen molar-refractivity contribution in [2.75, 3.05) is 36.5 Å². The van der Waals surface area contributed by atoms with Crippen molar-refractivity contribution >= 4 is 23.5 Å². The smallest absolute Gasteiger partial charge is 0.411 e. The van der Waals surface area contributed by atoms with Crippen LogP contribution in [0.15, 0.2) is 12.3 Å². The van der Waals surface area contributed by atoms with Gasteiger partial charge in [-0.3, -0.25) is 9.69 Å². The molecule has 2 N–H and O–H groups in total. The molecule has 1 aromatic heterocycles. The fourth-order valence-corrected chi connectivity index (χ4v) is 5.43. The zero-order valence-electron chi connectivity index (χ0n) is 17.9. The van der Waals surface area contributed by atoms with E-state index in [1.54, 1.807) is 6.20 Å². The number of likely N-dealkylation sites (tertiary alicyclic amines) is 1. The Bertz CT molecular complexity index is 823. The lowest BCUT2D eigenvalue weighted by Crippen LogP contribution is -2.50. The van der Waals surface area contributed by atoms with Gasteiger partial charge in [0.05, 0.1) is 23.4 Å². The molecular formula is C22H32N4O4. The second-order valence-electron chi connectivity index (χ2n) is 9.19. The predicted molar refractivity (Wildman–Crippen MR) is 114 cm³/mol. The summed E-state index contributed by atoms with van der Waals surface area (Å²) in [6.45, 7) is 4.27. The fraction of sp³-hybridized carbons (Fsp3) is 0.682. The lowest BCUT2D eigenvalue weighted by Gasteiger charge is -2.41. The molecule has 0 bridgehead atoms. The summed E-state index contributed by atoms with van der Waals surface area (Å²) < 4.78 is 0. The van der Waals surface area contributed by atoms with E-state index in [2.05, 4.69) is 14.8 Å². The van der Waals surface area contributed by atoms with Crippen LogP contribution in [0.2, 0.25) is 0 Å². The van der Waals surface area contributed by atoms with Crippen LogP contribution in [0.5, 0.6) is 0 Å². The van der Waals surface area contributed by atoms with Gasteiger partial charge in [-0.05, 0) is 63.5 Å². The predicted octanol–water partition coefficient (Wildman–Crippen LogP) is 2.63. The summed E-state index contributed by atoms with van der Waals surface area (Å²) in [5.41, 5.74) is 1.11. The van der Waals surface area contributed by atoms with E-state index < -0.39 is 6.09 Å². The highest BCUT2D eigenvalue weighted by atomic mass is 16.4. The minimum absolute atomic E-state index is 0.213. The van der Waals surface area contributed by atoms with E-state index in [9.17, 15) is 19.8 Å². The summed E-state index contributed by atoms with van der Waals surface area (Å²) in [5, 5.41) is 19.0. The van der Waals surface area contributed by atoms with Gasteiger partial charge >= 0.3 is 6.09 Å². The third kappa shape index (κ3) is 3.73. The van der Waals surface area contributed by atoms with Crippen LogP contribution in [-0.4, -0.2) is 70.9 Å². The van der Waals surface area contributed by atoms with Crippen molar-refractivity contribution in [2.45, 2.75) is 64.0 Å². The molecule has 0 unspecified atom stereocenters. The molecule has 1 saturated carbocycles.